The predicted octanol–water partition coefficient (Wildman–Crippen LogP) is 0.415. The lowest BCUT2D eigenvalue weighted by Gasteiger charge is -2.29. The molecule has 3 N–H and O–H groups in total. The van der Waals surface area contributed by atoms with Gasteiger partial charge in [-0.25, -0.2) is 0 Å². The summed E-state index contributed by atoms with van der Waals surface area (Å²) >= 11 is 0. The first kappa shape index (κ1) is 22.9. The zero-order valence-electron chi connectivity index (χ0n) is 18.8. The molecule has 0 radical (unpaired) electrons. The molecule has 0 aliphatic carbocycles. The molecule has 1 amide bonds. The summed E-state index contributed by atoms with van der Waals surface area (Å²) in [5, 5.41) is 3.01. The van der Waals surface area contributed by atoms with Gasteiger partial charge in [-0.3, -0.25) is 4.79 Å². The van der Waals surface area contributed by atoms with Crippen molar-refractivity contribution >= 4 is 11.6 Å². The first-order chi connectivity index (χ1) is 15.1. The molecule has 1 aliphatic rings. The minimum atomic E-state index is 0.0280. The Morgan fingerprint density at radius 2 is 1.55 bits per heavy atom. The number of methoxy groups -OCH3 is 1. The highest BCUT2D eigenvalue weighted by molar-refractivity contribution is 5.91. The van der Waals surface area contributed by atoms with Crippen LogP contribution in [-0.4, -0.2) is 59.0 Å². The van der Waals surface area contributed by atoms with Crippen LogP contribution in [0.3, 0.4) is 0 Å². The summed E-state index contributed by atoms with van der Waals surface area (Å²) in [5.41, 5.74) is 2.05. The van der Waals surface area contributed by atoms with E-state index in [0.29, 0.717) is 31.3 Å². The molecule has 1 saturated heterocycles. The van der Waals surface area contributed by atoms with E-state index in [1.165, 1.54) is 10.5 Å². The van der Waals surface area contributed by atoms with Crippen molar-refractivity contribution in [2.45, 2.75) is 20.4 Å². The summed E-state index contributed by atoms with van der Waals surface area (Å²) in [7, 11) is 1.69. The summed E-state index contributed by atoms with van der Waals surface area (Å²) in [4.78, 5) is 15.5. The van der Waals surface area contributed by atoms with Crippen LogP contribution in [0.1, 0.15) is 19.4 Å². The maximum absolute atomic E-state index is 12.6. The van der Waals surface area contributed by atoms with Gasteiger partial charge in [0.05, 0.1) is 20.3 Å². The van der Waals surface area contributed by atoms with Crippen molar-refractivity contribution in [1.29, 1.82) is 0 Å². The third kappa shape index (κ3) is 6.87. The van der Waals surface area contributed by atoms with Crippen molar-refractivity contribution in [2.75, 3.05) is 58.4 Å². The quantitative estimate of drug-likeness (QED) is 0.512. The lowest BCUT2D eigenvalue weighted by Crippen LogP contribution is -3.28. The van der Waals surface area contributed by atoms with Gasteiger partial charge in [0, 0.05) is 17.3 Å². The molecule has 168 valence electrons. The van der Waals surface area contributed by atoms with E-state index in [9.17, 15) is 4.79 Å². The van der Waals surface area contributed by atoms with Crippen molar-refractivity contribution in [1.82, 2.24) is 0 Å². The Morgan fingerprint density at radius 3 is 2.19 bits per heavy atom. The van der Waals surface area contributed by atoms with Crippen LogP contribution in [0.5, 0.6) is 17.2 Å². The maximum atomic E-state index is 12.6. The fourth-order valence-electron chi connectivity index (χ4n) is 3.90. The minimum absolute atomic E-state index is 0.0280. The molecule has 0 saturated carbocycles. The lowest BCUT2D eigenvalue weighted by molar-refractivity contribution is -1.02. The number of ether oxygens (including phenoxy) is 3. The molecule has 0 bridgehead atoms. The molecule has 7 heteroatoms. The zero-order valence-corrected chi connectivity index (χ0v) is 18.8. The van der Waals surface area contributed by atoms with Gasteiger partial charge >= 0.3 is 0 Å². The fourth-order valence-corrected chi connectivity index (χ4v) is 3.90. The highest BCUT2D eigenvalue weighted by atomic mass is 16.5. The van der Waals surface area contributed by atoms with Crippen molar-refractivity contribution in [2.24, 2.45) is 0 Å². The third-order valence-corrected chi connectivity index (χ3v) is 5.52. The molecule has 1 heterocycles. The Morgan fingerprint density at radius 1 is 0.903 bits per heavy atom. The molecule has 3 rings (SSSR count). The van der Waals surface area contributed by atoms with Crippen molar-refractivity contribution in [3.63, 3.8) is 0 Å². The van der Waals surface area contributed by atoms with Gasteiger partial charge in [0.2, 0.25) is 0 Å². The second kappa shape index (κ2) is 11.6. The zero-order chi connectivity index (χ0) is 22.1. The van der Waals surface area contributed by atoms with E-state index in [1.807, 2.05) is 44.2 Å². The summed E-state index contributed by atoms with van der Waals surface area (Å²) in [5.74, 6) is 2.27. The largest absolute Gasteiger partial charge is 0.497 e. The number of carbonyl (C=O) groups is 1. The predicted molar refractivity (Wildman–Crippen MR) is 120 cm³/mol. The molecule has 0 spiro atoms. The van der Waals surface area contributed by atoms with Gasteiger partial charge in [-0.1, -0.05) is 0 Å². The Bertz CT molecular complexity index is 833. The van der Waals surface area contributed by atoms with Crippen LogP contribution in [0, 0.1) is 0 Å². The lowest BCUT2D eigenvalue weighted by atomic mass is 10.2. The molecule has 0 aromatic heterocycles. The van der Waals surface area contributed by atoms with Gasteiger partial charge in [-0.05, 0) is 50.2 Å². The van der Waals surface area contributed by atoms with E-state index in [1.54, 1.807) is 12.0 Å². The average molecular weight is 430 g/mol. The maximum Gasteiger partial charge on any atom is 0.279 e. The van der Waals surface area contributed by atoms with E-state index >= 15 is 0 Å². The molecule has 1 aliphatic heterocycles. The van der Waals surface area contributed by atoms with E-state index in [4.69, 9.17) is 14.2 Å². The van der Waals surface area contributed by atoms with E-state index < -0.39 is 0 Å². The summed E-state index contributed by atoms with van der Waals surface area (Å²) in [6.45, 7) is 10.6. The number of rotatable bonds is 10. The highest BCUT2D eigenvalue weighted by Crippen LogP contribution is 2.30. The van der Waals surface area contributed by atoms with Crippen LogP contribution < -0.4 is 29.3 Å². The van der Waals surface area contributed by atoms with E-state index in [2.05, 4.69) is 17.4 Å². The van der Waals surface area contributed by atoms with Crippen molar-refractivity contribution < 1.29 is 28.8 Å². The third-order valence-electron chi connectivity index (χ3n) is 5.52. The van der Waals surface area contributed by atoms with Gasteiger partial charge in [0.1, 0.15) is 38.5 Å². The molecule has 0 atom stereocenters. The van der Waals surface area contributed by atoms with E-state index in [-0.39, 0.29) is 5.91 Å². The summed E-state index contributed by atoms with van der Waals surface area (Å²) in [6.07, 6.45) is 0. The number of nitrogens with one attached hydrogen (secondary N) is 3. The van der Waals surface area contributed by atoms with Gasteiger partial charge < -0.3 is 29.3 Å². The van der Waals surface area contributed by atoms with Gasteiger partial charge in [0.25, 0.3) is 5.91 Å². The highest BCUT2D eigenvalue weighted by Gasteiger charge is 2.25. The van der Waals surface area contributed by atoms with Crippen LogP contribution in [0.15, 0.2) is 42.5 Å². The minimum Gasteiger partial charge on any atom is -0.497 e. The topological polar surface area (TPSA) is 65.7 Å². The van der Waals surface area contributed by atoms with Crippen molar-refractivity contribution in [3.8, 4) is 17.2 Å². The normalized spacial score (nSPS) is 18.3. The molecule has 0 unspecified atom stereocenters. The molecule has 1 fully saturated rings. The van der Waals surface area contributed by atoms with Gasteiger partial charge in [0.15, 0.2) is 18.0 Å². The monoisotopic (exact) mass is 429 g/mol. The Hall–Kier alpha value is -2.77. The number of amides is 1. The molecule has 2 aromatic rings. The fraction of sp³-hybridized carbons (Fsp3) is 0.458. The van der Waals surface area contributed by atoms with E-state index in [0.717, 1.165) is 44.2 Å². The first-order valence-corrected chi connectivity index (χ1v) is 11.1. The van der Waals surface area contributed by atoms with Gasteiger partial charge in [-0.2, -0.15) is 0 Å². The number of quaternary nitrogens is 2. The summed E-state index contributed by atoms with van der Waals surface area (Å²) < 4.78 is 16.5. The number of benzene rings is 2. The van der Waals surface area contributed by atoms with Crippen LogP contribution in [-0.2, 0) is 11.3 Å². The molecular weight excluding hydrogens is 394 g/mol. The van der Waals surface area contributed by atoms with Crippen LogP contribution in [0.4, 0.5) is 5.69 Å². The Labute approximate surface area is 184 Å². The standard InChI is InChI=1S/C24H33N3O4/c1-4-30-22-11-8-20(16-23(22)31-5-2)25-24(28)18-27-14-12-26(13-15-27)17-19-6-9-21(29-3)10-7-19/h6-11,16H,4-5,12-15,17-18H2,1-3H3,(H,25,28)/p+2. The smallest absolute Gasteiger partial charge is 0.279 e. The number of hydrogen-bond donors (Lipinski definition) is 3. The van der Waals surface area contributed by atoms with Crippen LogP contribution in [0.25, 0.3) is 0 Å². The van der Waals surface area contributed by atoms with Crippen molar-refractivity contribution in [3.05, 3.63) is 48.0 Å². The molecule has 7 nitrogen and oxygen atoms in total. The second-order valence-corrected chi connectivity index (χ2v) is 7.78. The first-order valence-electron chi connectivity index (χ1n) is 11.1. The Kier molecular flexibility index (Phi) is 8.55. The summed E-state index contributed by atoms with van der Waals surface area (Å²) in [6, 6.07) is 13.8. The number of hydrogen-bond acceptors (Lipinski definition) is 4. The number of carbonyl (C=O) groups excluding carboxylic acids is 1. The number of piperazine rings is 1. The molecule has 31 heavy (non-hydrogen) atoms. The second-order valence-electron chi connectivity index (χ2n) is 7.78. The van der Waals surface area contributed by atoms with Crippen LogP contribution >= 0.6 is 0 Å². The molecule has 2 aromatic carbocycles. The van der Waals surface area contributed by atoms with Crippen LogP contribution in [0.2, 0.25) is 0 Å². The Balaban J connectivity index is 1.45. The number of anilines is 1. The molecular formula is C24H35N3O4+2. The SMILES string of the molecule is CCOc1ccc(NC(=O)C[NH+]2CC[NH+](Cc3ccc(OC)cc3)CC2)cc1OCC. The average Bonchev–Trinajstić information content (AvgIpc) is 2.78. The van der Waals surface area contributed by atoms with Gasteiger partial charge in [-0.15, -0.1) is 0 Å².